The molecular weight excluding hydrogens is 269 g/mol. The van der Waals surface area contributed by atoms with E-state index in [4.69, 9.17) is 23.2 Å². The van der Waals surface area contributed by atoms with Crippen LogP contribution in [0.4, 0.5) is 5.69 Å². The third-order valence-electron chi connectivity index (χ3n) is 2.29. The minimum Gasteiger partial charge on any atom is -0.288 e. The molecule has 1 aromatic rings. The Labute approximate surface area is 105 Å². The summed E-state index contributed by atoms with van der Waals surface area (Å²) in [6, 6.07) is 3.34. The van der Waals surface area contributed by atoms with Crippen LogP contribution in [0.2, 0.25) is 0 Å². The molecule has 0 unspecified atom stereocenters. The van der Waals surface area contributed by atoms with E-state index in [1.807, 2.05) is 0 Å². The number of Topliss-reactive ketones (excluding diaryl/α,β-unsaturated/α-hetero) is 2. The summed E-state index contributed by atoms with van der Waals surface area (Å²) in [4.78, 5) is 33.3. The number of hydrogen-bond acceptors (Lipinski definition) is 4. The minimum absolute atomic E-state index is 0.0231. The Morgan fingerprint density at radius 2 is 1.53 bits per heavy atom. The molecule has 0 saturated heterocycles. The number of hydrogen-bond donors (Lipinski definition) is 0. The maximum atomic E-state index is 11.7. The second-order valence-corrected chi connectivity index (χ2v) is 4.03. The molecule has 1 aromatic carbocycles. The zero-order valence-electron chi connectivity index (χ0n) is 8.07. The molecule has 0 aromatic heterocycles. The number of nitro groups is 1. The summed E-state index contributed by atoms with van der Waals surface area (Å²) < 4.78 is 0. The molecule has 0 N–H and O–H groups in total. The lowest BCUT2D eigenvalue weighted by Crippen LogP contribution is -2.17. The van der Waals surface area contributed by atoms with Gasteiger partial charge in [0.25, 0.3) is 5.69 Å². The third-order valence-corrected chi connectivity index (χ3v) is 3.11. The largest absolute Gasteiger partial charge is 0.288 e. The zero-order valence-corrected chi connectivity index (χ0v) is 9.58. The van der Waals surface area contributed by atoms with Crippen molar-refractivity contribution < 1.29 is 14.5 Å². The molecule has 7 heteroatoms. The predicted molar refractivity (Wildman–Crippen MR) is 60.5 cm³/mol. The average molecular weight is 272 g/mol. The van der Waals surface area contributed by atoms with Gasteiger partial charge in [-0.1, -0.05) is 23.2 Å². The van der Waals surface area contributed by atoms with Crippen LogP contribution in [0.5, 0.6) is 0 Å². The number of carbonyl (C=O) groups excluding carboxylic acids is 2. The Hall–Kier alpha value is -1.72. The van der Waals surface area contributed by atoms with Gasteiger partial charge in [-0.25, -0.2) is 0 Å². The Balaban J connectivity index is 2.69. The fraction of sp³-hybridized carbons (Fsp3) is 0. The lowest BCUT2D eigenvalue weighted by Gasteiger charge is -2.13. The predicted octanol–water partition coefficient (Wildman–Crippen LogP) is 2.66. The van der Waals surface area contributed by atoms with Gasteiger partial charge in [0.15, 0.2) is 0 Å². The smallest absolute Gasteiger partial charge is 0.270 e. The van der Waals surface area contributed by atoms with Gasteiger partial charge in [-0.2, -0.15) is 0 Å². The molecule has 2 rings (SSSR count). The van der Waals surface area contributed by atoms with E-state index in [1.54, 1.807) is 0 Å². The normalized spacial score (nSPS) is 14.9. The van der Waals surface area contributed by atoms with Gasteiger partial charge >= 0.3 is 0 Å². The van der Waals surface area contributed by atoms with Gasteiger partial charge in [0, 0.05) is 23.3 Å². The highest BCUT2D eigenvalue weighted by Gasteiger charge is 2.31. The molecular formula is C10H3Cl2NO4. The highest BCUT2D eigenvalue weighted by molar-refractivity contribution is 6.59. The Bertz CT molecular complexity index is 606. The quantitative estimate of drug-likeness (QED) is 0.581. The number of benzene rings is 1. The lowest BCUT2D eigenvalue weighted by molar-refractivity contribution is -0.384. The van der Waals surface area contributed by atoms with Crippen LogP contribution in [0.3, 0.4) is 0 Å². The number of halogens is 2. The first-order chi connectivity index (χ1) is 7.93. The van der Waals surface area contributed by atoms with Crippen LogP contribution in [-0.4, -0.2) is 16.5 Å². The standard InChI is InChI=1S/C10H3Cl2NO4/c11-7-8(12)10(15)6-3-4(13(16)17)1-2-5(6)9(7)14/h1-3H. The molecule has 0 saturated carbocycles. The average Bonchev–Trinajstić information content (AvgIpc) is 2.32. The first kappa shape index (κ1) is 11.8. The molecule has 5 nitrogen and oxygen atoms in total. The van der Waals surface area contributed by atoms with E-state index in [0.717, 1.165) is 12.1 Å². The second-order valence-electron chi connectivity index (χ2n) is 3.27. The van der Waals surface area contributed by atoms with Gasteiger partial charge in [-0.15, -0.1) is 0 Å². The van der Waals surface area contributed by atoms with Gasteiger partial charge < -0.3 is 0 Å². The number of allylic oxidation sites excluding steroid dienone is 2. The Morgan fingerprint density at radius 1 is 1.00 bits per heavy atom. The summed E-state index contributed by atoms with van der Waals surface area (Å²) in [5, 5.41) is 9.78. The van der Waals surface area contributed by atoms with Crippen molar-refractivity contribution in [3.63, 3.8) is 0 Å². The first-order valence-electron chi connectivity index (χ1n) is 4.36. The van der Waals surface area contributed by atoms with E-state index in [2.05, 4.69) is 0 Å². The molecule has 0 heterocycles. The number of ketones is 2. The monoisotopic (exact) mass is 271 g/mol. The van der Waals surface area contributed by atoms with Crippen molar-refractivity contribution in [1.82, 2.24) is 0 Å². The topological polar surface area (TPSA) is 77.3 Å². The maximum Gasteiger partial charge on any atom is 0.270 e. The van der Waals surface area contributed by atoms with Crippen molar-refractivity contribution in [2.24, 2.45) is 0 Å². The number of nitrogens with zero attached hydrogens (tertiary/aromatic N) is 1. The van der Waals surface area contributed by atoms with Crippen molar-refractivity contribution in [2.45, 2.75) is 0 Å². The van der Waals surface area contributed by atoms with Gasteiger partial charge in [-0.3, -0.25) is 19.7 Å². The summed E-state index contributed by atoms with van der Waals surface area (Å²) in [6.45, 7) is 0. The molecule has 1 aliphatic rings. The van der Waals surface area contributed by atoms with Crippen LogP contribution >= 0.6 is 23.2 Å². The molecule has 17 heavy (non-hydrogen) atoms. The zero-order chi connectivity index (χ0) is 12.7. The van der Waals surface area contributed by atoms with Crippen LogP contribution in [-0.2, 0) is 0 Å². The molecule has 0 amide bonds. The van der Waals surface area contributed by atoms with E-state index in [9.17, 15) is 19.7 Å². The molecule has 0 atom stereocenters. The van der Waals surface area contributed by atoms with Crippen LogP contribution in [0, 0.1) is 10.1 Å². The molecule has 0 aliphatic heterocycles. The van der Waals surface area contributed by atoms with E-state index in [1.165, 1.54) is 6.07 Å². The van der Waals surface area contributed by atoms with Crippen LogP contribution < -0.4 is 0 Å². The minimum atomic E-state index is -0.685. The van der Waals surface area contributed by atoms with Crippen molar-refractivity contribution in [3.8, 4) is 0 Å². The fourth-order valence-corrected chi connectivity index (χ4v) is 1.84. The molecule has 0 spiro atoms. The van der Waals surface area contributed by atoms with E-state index in [0.29, 0.717) is 0 Å². The van der Waals surface area contributed by atoms with Gasteiger partial charge in [-0.05, 0) is 6.07 Å². The van der Waals surface area contributed by atoms with Crippen LogP contribution in [0.1, 0.15) is 20.7 Å². The van der Waals surface area contributed by atoms with E-state index < -0.39 is 21.5 Å². The summed E-state index contributed by atoms with van der Waals surface area (Å²) in [5.74, 6) is -1.30. The number of rotatable bonds is 1. The summed E-state index contributed by atoms with van der Waals surface area (Å²) in [7, 11) is 0. The second kappa shape index (κ2) is 3.94. The summed E-state index contributed by atoms with van der Waals surface area (Å²) in [5.41, 5.74) is -0.360. The third kappa shape index (κ3) is 1.73. The molecule has 1 aliphatic carbocycles. The number of non-ortho nitro benzene ring substituents is 1. The highest BCUT2D eigenvalue weighted by atomic mass is 35.5. The SMILES string of the molecule is O=C1C(Cl)=C(Cl)C(=O)c2cc([N+](=O)[O-])ccc21. The van der Waals surface area contributed by atoms with Gasteiger partial charge in [0.2, 0.25) is 11.6 Å². The van der Waals surface area contributed by atoms with Gasteiger partial charge in [0.1, 0.15) is 10.1 Å². The van der Waals surface area contributed by atoms with E-state index >= 15 is 0 Å². The molecule has 0 bridgehead atoms. The number of carbonyl (C=O) groups is 2. The summed E-state index contributed by atoms with van der Waals surface area (Å²) >= 11 is 11.2. The fourth-order valence-electron chi connectivity index (χ4n) is 1.47. The highest BCUT2D eigenvalue weighted by Crippen LogP contribution is 2.32. The first-order valence-corrected chi connectivity index (χ1v) is 5.12. The maximum absolute atomic E-state index is 11.7. The molecule has 0 radical (unpaired) electrons. The lowest BCUT2D eigenvalue weighted by atomic mass is 9.94. The van der Waals surface area contributed by atoms with Crippen molar-refractivity contribution >= 4 is 40.5 Å². The number of fused-ring (bicyclic) bond motifs is 1. The van der Waals surface area contributed by atoms with Crippen LogP contribution in [0.25, 0.3) is 0 Å². The number of nitro benzene ring substituents is 1. The van der Waals surface area contributed by atoms with Crippen molar-refractivity contribution in [2.75, 3.05) is 0 Å². The van der Waals surface area contributed by atoms with E-state index in [-0.39, 0.29) is 21.8 Å². The Morgan fingerprint density at radius 3 is 2.06 bits per heavy atom. The Kier molecular flexibility index (Phi) is 2.73. The van der Waals surface area contributed by atoms with Crippen molar-refractivity contribution in [3.05, 3.63) is 49.5 Å². The summed E-state index contributed by atoms with van der Waals surface area (Å²) in [6.07, 6.45) is 0. The van der Waals surface area contributed by atoms with Gasteiger partial charge in [0.05, 0.1) is 4.92 Å². The molecule has 0 fully saturated rings. The molecule has 86 valence electrons. The van der Waals surface area contributed by atoms with Crippen LogP contribution in [0.15, 0.2) is 28.3 Å². The van der Waals surface area contributed by atoms with Crippen molar-refractivity contribution in [1.29, 1.82) is 0 Å².